The summed E-state index contributed by atoms with van der Waals surface area (Å²) in [4.78, 5) is 16.9. The number of fused-ring (bicyclic) bond motifs is 1. The molecule has 2 N–H and O–H groups in total. The van der Waals surface area contributed by atoms with Crippen molar-refractivity contribution in [3.8, 4) is 5.88 Å². The molecule has 2 aromatic carbocycles. The van der Waals surface area contributed by atoms with E-state index in [0.717, 1.165) is 21.9 Å². The van der Waals surface area contributed by atoms with Gasteiger partial charge < -0.3 is 15.2 Å². The van der Waals surface area contributed by atoms with E-state index in [1.165, 1.54) is 7.11 Å². The molecule has 0 unspecified atom stereocenters. The van der Waals surface area contributed by atoms with Crippen LogP contribution in [0.1, 0.15) is 21.6 Å². The van der Waals surface area contributed by atoms with Gasteiger partial charge in [0.25, 0.3) is 5.91 Å². The molecular weight excluding hydrogens is 304 g/mol. The van der Waals surface area contributed by atoms with Gasteiger partial charge in [0, 0.05) is 11.1 Å². The van der Waals surface area contributed by atoms with Crippen LogP contribution >= 0.6 is 0 Å². The number of pyridine rings is 1. The van der Waals surface area contributed by atoms with Gasteiger partial charge >= 0.3 is 0 Å². The summed E-state index contributed by atoms with van der Waals surface area (Å²) in [7, 11) is 1.53. The molecule has 5 heteroatoms. The minimum Gasteiger partial charge on any atom is -0.481 e. The molecule has 0 fully saturated rings. The highest BCUT2D eigenvalue weighted by atomic mass is 16.5. The maximum absolute atomic E-state index is 12.6. The first kappa shape index (κ1) is 16.0. The molecule has 1 aromatic heterocycles. The van der Waals surface area contributed by atoms with E-state index in [1.54, 1.807) is 12.1 Å². The van der Waals surface area contributed by atoms with E-state index in [0.29, 0.717) is 11.6 Å². The Bertz CT molecular complexity index is 906. The van der Waals surface area contributed by atoms with Crippen molar-refractivity contribution in [1.82, 2.24) is 4.98 Å². The number of ether oxygens (including phenoxy) is 1. The predicted molar refractivity (Wildman–Crippen MR) is 93.4 cm³/mol. The molecule has 3 aromatic rings. The Morgan fingerprint density at radius 3 is 2.75 bits per heavy atom. The Labute approximate surface area is 139 Å². The van der Waals surface area contributed by atoms with Gasteiger partial charge in [-0.25, -0.2) is 4.98 Å². The third kappa shape index (κ3) is 3.07. The van der Waals surface area contributed by atoms with Crippen molar-refractivity contribution in [2.45, 2.75) is 13.5 Å². The van der Waals surface area contributed by atoms with Crippen LogP contribution in [0.5, 0.6) is 5.88 Å². The van der Waals surface area contributed by atoms with Crippen molar-refractivity contribution in [1.29, 1.82) is 0 Å². The quantitative estimate of drug-likeness (QED) is 0.773. The van der Waals surface area contributed by atoms with Gasteiger partial charge in [0.1, 0.15) is 5.69 Å². The van der Waals surface area contributed by atoms with E-state index in [-0.39, 0.29) is 18.2 Å². The van der Waals surface area contributed by atoms with Crippen LogP contribution in [0, 0.1) is 6.92 Å². The van der Waals surface area contributed by atoms with Crippen molar-refractivity contribution in [2.75, 3.05) is 12.4 Å². The fourth-order valence-electron chi connectivity index (χ4n) is 2.53. The highest BCUT2D eigenvalue weighted by molar-refractivity contribution is 6.05. The number of methoxy groups -OCH3 is 1. The summed E-state index contributed by atoms with van der Waals surface area (Å²) in [5, 5.41) is 13.8. The summed E-state index contributed by atoms with van der Waals surface area (Å²) in [5.41, 5.74) is 2.58. The highest BCUT2D eigenvalue weighted by Crippen LogP contribution is 2.25. The number of aryl methyl sites for hydroxylation is 1. The van der Waals surface area contributed by atoms with Crippen LogP contribution in [0.3, 0.4) is 0 Å². The van der Waals surface area contributed by atoms with Crippen LogP contribution in [-0.2, 0) is 6.61 Å². The molecule has 0 saturated heterocycles. The maximum Gasteiger partial charge on any atom is 0.274 e. The summed E-state index contributed by atoms with van der Waals surface area (Å²) in [6, 6.07) is 14.8. The number of carbonyl (C=O) groups is 1. The summed E-state index contributed by atoms with van der Waals surface area (Å²) in [5.74, 6) is 0.0938. The van der Waals surface area contributed by atoms with Crippen LogP contribution in [-0.4, -0.2) is 23.1 Å². The lowest BCUT2D eigenvalue weighted by molar-refractivity contribution is 0.102. The van der Waals surface area contributed by atoms with Gasteiger partial charge in [-0.1, -0.05) is 30.3 Å². The molecule has 3 rings (SSSR count). The number of hydrogen-bond donors (Lipinski definition) is 2. The third-order valence-corrected chi connectivity index (χ3v) is 3.86. The van der Waals surface area contributed by atoms with E-state index in [2.05, 4.69) is 10.3 Å². The molecule has 5 nitrogen and oxygen atoms in total. The van der Waals surface area contributed by atoms with Crippen molar-refractivity contribution in [3.63, 3.8) is 0 Å². The molecule has 0 bridgehead atoms. The Morgan fingerprint density at radius 1 is 1.21 bits per heavy atom. The Hall–Kier alpha value is -2.92. The number of hydrogen-bond acceptors (Lipinski definition) is 4. The van der Waals surface area contributed by atoms with Gasteiger partial charge in [0.2, 0.25) is 5.88 Å². The average Bonchev–Trinajstić information content (AvgIpc) is 2.62. The zero-order chi connectivity index (χ0) is 17.1. The van der Waals surface area contributed by atoms with Crippen LogP contribution in [0.15, 0.2) is 48.5 Å². The normalized spacial score (nSPS) is 10.6. The maximum atomic E-state index is 12.6. The van der Waals surface area contributed by atoms with Gasteiger partial charge in [-0.3, -0.25) is 4.79 Å². The Morgan fingerprint density at radius 2 is 2.00 bits per heavy atom. The SMILES string of the molecule is COc1nc(C(=O)Nc2cc(CO)ccc2C)cc2ccccc12. The zero-order valence-corrected chi connectivity index (χ0v) is 13.5. The van der Waals surface area contributed by atoms with Crippen LogP contribution in [0.4, 0.5) is 5.69 Å². The summed E-state index contributed by atoms with van der Waals surface area (Å²) in [6.45, 7) is 1.82. The lowest BCUT2D eigenvalue weighted by Crippen LogP contribution is -2.15. The monoisotopic (exact) mass is 322 g/mol. The smallest absolute Gasteiger partial charge is 0.274 e. The largest absolute Gasteiger partial charge is 0.481 e. The number of rotatable bonds is 4. The number of nitrogens with one attached hydrogen (secondary N) is 1. The topological polar surface area (TPSA) is 71.5 Å². The second kappa shape index (κ2) is 6.68. The number of carbonyl (C=O) groups excluding carboxylic acids is 1. The second-order valence-corrected chi connectivity index (χ2v) is 5.50. The Kier molecular flexibility index (Phi) is 4.44. The van der Waals surface area contributed by atoms with Crippen molar-refractivity contribution in [2.24, 2.45) is 0 Å². The van der Waals surface area contributed by atoms with E-state index >= 15 is 0 Å². The molecule has 1 amide bonds. The van der Waals surface area contributed by atoms with Gasteiger partial charge in [0.15, 0.2) is 0 Å². The van der Waals surface area contributed by atoms with Crippen LogP contribution < -0.4 is 10.1 Å². The average molecular weight is 322 g/mol. The number of aliphatic hydroxyl groups excluding tert-OH is 1. The van der Waals surface area contributed by atoms with Crippen molar-refractivity contribution in [3.05, 3.63) is 65.4 Å². The number of aliphatic hydroxyl groups is 1. The first-order chi connectivity index (χ1) is 11.6. The van der Waals surface area contributed by atoms with Crippen molar-refractivity contribution >= 4 is 22.4 Å². The second-order valence-electron chi connectivity index (χ2n) is 5.50. The summed E-state index contributed by atoms with van der Waals surface area (Å²) < 4.78 is 5.30. The molecule has 0 atom stereocenters. The fraction of sp³-hybridized carbons (Fsp3) is 0.158. The number of benzene rings is 2. The molecule has 0 aliphatic carbocycles. The number of nitrogens with zero attached hydrogens (tertiary/aromatic N) is 1. The van der Waals surface area contributed by atoms with Crippen LogP contribution in [0.25, 0.3) is 10.8 Å². The van der Waals surface area contributed by atoms with E-state index in [1.807, 2.05) is 43.3 Å². The van der Waals surface area contributed by atoms with Gasteiger partial charge in [0.05, 0.1) is 13.7 Å². The van der Waals surface area contributed by atoms with Crippen LogP contribution in [0.2, 0.25) is 0 Å². The molecule has 0 radical (unpaired) electrons. The summed E-state index contributed by atoms with van der Waals surface area (Å²) >= 11 is 0. The number of anilines is 1. The fourth-order valence-corrected chi connectivity index (χ4v) is 2.53. The molecule has 24 heavy (non-hydrogen) atoms. The van der Waals surface area contributed by atoms with Gasteiger partial charge in [-0.05, 0) is 41.6 Å². The molecule has 122 valence electrons. The predicted octanol–water partition coefficient (Wildman–Crippen LogP) is 3.30. The molecule has 0 aliphatic heterocycles. The Balaban J connectivity index is 1.97. The van der Waals surface area contributed by atoms with Gasteiger partial charge in [-0.2, -0.15) is 0 Å². The van der Waals surface area contributed by atoms with Gasteiger partial charge in [-0.15, -0.1) is 0 Å². The first-order valence-corrected chi connectivity index (χ1v) is 7.58. The van der Waals surface area contributed by atoms with E-state index < -0.39 is 0 Å². The molecule has 0 saturated carbocycles. The lowest BCUT2D eigenvalue weighted by atomic mass is 10.1. The lowest BCUT2D eigenvalue weighted by Gasteiger charge is -2.11. The first-order valence-electron chi connectivity index (χ1n) is 7.58. The molecular formula is C19H18N2O3. The number of amides is 1. The number of aromatic nitrogens is 1. The molecule has 0 spiro atoms. The summed E-state index contributed by atoms with van der Waals surface area (Å²) in [6.07, 6.45) is 0. The third-order valence-electron chi connectivity index (χ3n) is 3.86. The minimum absolute atomic E-state index is 0.0782. The highest BCUT2D eigenvalue weighted by Gasteiger charge is 2.14. The zero-order valence-electron chi connectivity index (χ0n) is 13.5. The van der Waals surface area contributed by atoms with Crippen molar-refractivity contribution < 1.29 is 14.6 Å². The standard InChI is InChI=1S/C19H18N2O3/c1-12-7-8-13(11-22)9-16(12)20-18(23)17-10-14-5-3-4-6-15(14)19(21-17)24-2/h3-10,22H,11H2,1-2H3,(H,20,23). The van der Waals surface area contributed by atoms with E-state index in [4.69, 9.17) is 4.74 Å². The molecule has 0 aliphatic rings. The minimum atomic E-state index is -0.322. The van der Waals surface area contributed by atoms with E-state index in [9.17, 15) is 9.90 Å². The molecule has 1 heterocycles.